The first-order valence-corrected chi connectivity index (χ1v) is 10.9. The number of alkyl carbamates (subject to hydrolysis) is 1. The molecule has 0 aromatic heterocycles. The van der Waals surface area contributed by atoms with Crippen LogP contribution in [-0.2, 0) is 25.8 Å². The SMILES string of the molecule is CC(C)(C)OC(=O)NCCCONC(=O)C1CCC2CN1C(=O)N2OCc1ccccc1. The fourth-order valence-corrected chi connectivity index (χ4v) is 3.63. The predicted octanol–water partition coefficient (Wildman–Crippen LogP) is 2.35. The maximum absolute atomic E-state index is 12.8. The van der Waals surface area contributed by atoms with Crippen molar-refractivity contribution < 1.29 is 28.8 Å². The molecule has 0 radical (unpaired) electrons. The quantitative estimate of drug-likeness (QED) is 0.443. The molecule has 2 atom stereocenters. The summed E-state index contributed by atoms with van der Waals surface area (Å²) in [5, 5.41) is 4.01. The van der Waals surface area contributed by atoms with Gasteiger partial charge in [-0.05, 0) is 45.6 Å². The molecule has 10 heteroatoms. The molecule has 2 bridgehead atoms. The Morgan fingerprint density at radius 1 is 1.16 bits per heavy atom. The van der Waals surface area contributed by atoms with Crippen LogP contribution in [0.15, 0.2) is 30.3 Å². The number of rotatable bonds is 9. The molecule has 32 heavy (non-hydrogen) atoms. The summed E-state index contributed by atoms with van der Waals surface area (Å²) in [5.74, 6) is -0.359. The monoisotopic (exact) mass is 448 g/mol. The summed E-state index contributed by atoms with van der Waals surface area (Å²) < 4.78 is 5.14. The van der Waals surface area contributed by atoms with Crippen molar-refractivity contribution in [1.82, 2.24) is 20.8 Å². The molecule has 2 aliphatic rings. The van der Waals surface area contributed by atoms with Crippen LogP contribution in [0, 0.1) is 0 Å². The highest BCUT2D eigenvalue weighted by molar-refractivity contribution is 5.88. The minimum absolute atomic E-state index is 0.0601. The Bertz CT molecular complexity index is 797. The number of carbonyl (C=O) groups excluding carboxylic acids is 3. The minimum atomic E-state index is -0.594. The molecule has 10 nitrogen and oxygen atoms in total. The number of amides is 4. The number of nitrogens with zero attached hydrogens (tertiary/aromatic N) is 2. The Morgan fingerprint density at radius 3 is 2.62 bits per heavy atom. The number of nitrogens with one attached hydrogen (secondary N) is 2. The molecular formula is C22H32N4O6. The molecule has 0 spiro atoms. The normalized spacial score (nSPS) is 20.3. The van der Waals surface area contributed by atoms with Gasteiger partial charge >= 0.3 is 12.1 Å². The third kappa shape index (κ3) is 6.57. The van der Waals surface area contributed by atoms with Crippen molar-refractivity contribution in [3.05, 3.63) is 35.9 Å². The van der Waals surface area contributed by atoms with Crippen LogP contribution >= 0.6 is 0 Å². The Labute approximate surface area is 188 Å². The van der Waals surface area contributed by atoms with Gasteiger partial charge in [0.1, 0.15) is 18.2 Å². The number of urea groups is 1. The van der Waals surface area contributed by atoms with E-state index in [0.717, 1.165) is 5.56 Å². The molecule has 3 rings (SSSR count). The standard InChI is InChI=1S/C22H32N4O6/c1-22(2,3)32-20(28)23-12-7-13-30-24-19(27)18-11-10-17-14-25(18)21(29)26(17)31-15-16-8-5-4-6-9-16/h4-6,8-9,17-18H,7,10-15H2,1-3H3,(H,23,28)(H,24,27). The number of carbonyl (C=O) groups is 3. The third-order valence-corrected chi connectivity index (χ3v) is 5.10. The van der Waals surface area contributed by atoms with E-state index < -0.39 is 17.7 Å². The number of piperidine rings is 1. The van der Waals surface area contributed by atoms with E-state index in [1.54, 1.807) is 20.8 Å². The zero-order valence-electron chi connectivity index (χ0n) is 18.8. The van der Waals surface area contributed by atoms with Crippen molar-refractivity contribution in [2.45, 2.75) is 64.3 Å². The molecule has 2 saturated heterocycles. The molecule has 1 aromatic rings. The second-order valence-electron chi connectivity index (χ2n) is 8.86. The number of ether oxygens (including phenoxy) is 1. The lowest BCUT2D eigenvalue weighted by Gasteiger charge is -2.28. The minimum Gasteiger partial charge on any atom is -0.444 e. The highest BCUT2D eigenvalue weighted by atomic mass is 16.7. The first-order chi connectivity index (χ1) is 15.2. The van der Waals surface area contributed by atoms with Crippen molar-refractivity contribution in [2.75, 3.05) is 19.7 Å². The maximum atomic E-state index is 12.8. The van der Waals surface area contributed by atoms with E-state index in [1.165, 1.54) is 9.96 Å². The number of hydrogen-bond acceptors (Lipinski definition) is 6. The van der Waals surface area contributed by atoms with Gasteiger partial charge in [0.15, 0.2) is 0 Å². The maximum Gasteiger partial charge on any atom is 0.407 e. The molecule has 2 N–H and O–H groups in total. The van der Waals surface area contributed by atoms with Gasteiger partial charge in [-0.15, -0.1) is 0 Å². The van der Waals surface area contributed by atoms with Crippen LogP contribution in [0.25, 0.3) is 0 Å². The van der Waals surface area contributed by atoms with Gasteiger partial charge < -0.3 is 15.0 Å². The van der Waals surface area contributed by atoms with Crippen molar-refractivity contribution in [1.29, 1.82) is 0 Å². The lowest BCUT2D eigenvalue weighted by atomic mass is 10.0. The van der Waals surface area contributed by atoms with Crippen molar-refractivity contribution in [2.24, 2.45) is 0 Å². The Morgan fingerprint density at radius 2 is 1.91 bits per heavy atom. The zero-order valence-corrected chi connectivity index (χ0v) is 18.8. The van der Waals surface area contributed by atoms with E-state index in [-0.39, 0.29) is 24.6 Å². The topological polar surface area (TPSA) is 109 Å². The molecule has 1 aromatic carbocycles. The van der Waals surface area contributed by atoms with Crippen molar-refractivity contribution in [3.8, 4) is 0 Å². The van der Waals surface area contributed by atoms with E-state index >= 15 is 0 Å². The molecule has 2 fully saturated rings. The second-order valence-corrected chi connectivity index (χ2v) is 8.86. The number of hydroxylamine groups is 3. The number of fused-ring (bicyclic) bond motifs is 2. The van der Waals surface area contributed by atoms with Gasteiger partial charge in [-0.2, -0.15) is 5.06 Å². The largest absolute Gasteiger partial charge is 0.444 e. The van der Waals surface area contributed by atoms with Crippen LogP contribution in [0.3, 0.4) is 0 Å². The lowest BCUT2D eigenvalue weighted by molar-refractivity contribution is -0.141. The molecule has 0 aliphatic carbocycles. The van der Waals surface area contributed by atoms with Gasteiger partial charge in [0.2, 0.25) is 0 Å². The summed E-state index contributed by atoms with van der Waals surface area (Å²) in [7, 11) is 0. The summed E-state index contributed by atoms with van der Waals surface area (Å²) in [5.41, 5.74) is 2.84. The van der Waals surface area contributed by atoms with Crippen LogP contribution in [0.5, 0.6) is 0 Å². The molecular weight excluding hydrogens is 416 g/mol. The summed E-state index contributed by atoms with van der Waals surface area (Å²) in [6, 6.07) is 8.67. The highest BCUT2D eigenvalue weighted by Crippen LogP contribution is 2.30. The number of hydrogen-bond donors (Lipinski definition) is 2. The Hall–Kier alpha value is -2.85. The van der Waals surface area contributed by atoms with Gasteiger partial charge in [-0.1, -0.05) is 30.3 Å². The van der Waals surface area contributed by atoms with E-state index in [4.69, 9.17) is 14.4 Å². The predicted molar refractivity (Wildman–Crippen MR) is 115 cm³/mol. The van der Waals surface area contributed by atoms with Gasteiger partial charge in [0.25, 0.3) is 5.91 Å². The van der Waals surface area contributed by atoms with Gasteiger partial charge in [-0.25, -0.2) is 15.1 Å². The molecule has 2 heterocycles. The fraction of sp³-hybridized carbons (Fsp3) is 0.591. The summed E-state index contributed by atoms with van der Waals surface area (Å²) in [6.07, 6.45) is 1.21. The molecule has 4 amide bonds. The van der Waals surface area contributed by atoms with Gasteiger partial charge in [0.05, 0.1) is 12.6 Å². The van der Waals surface area contributed by atoms with Crippen LogP contribution in [0.4, 0.5) is 9.59 Å². The summed E-state index contributed by atoms with van der Waals surface area (Å²) in [4.78, 5) is 49.4. The van der Waals surface area contributed by atoms with E-state index in [9.17, 15) is 14.4 Å². The van der Waals surface area contributed by atoms with Gasteiger partial charge in [0, 0.05) is 13.1 Å². The van der Waals surface area contributed by atoms with Crippen LogP contribution in [-0.4, -0.2) is 65.4 Å². The second kappa shape index (κ2) is 10.6. The number of benzene rings is 1. The van der Waals surface area contributed by atoms with Crippen LogP contribution in [0.2, 0.25) is 0 Å². The average Bonchev–Trinajstić information content (AvgIpc) is 2.98. The fourth-order valence-electron chi connectivity index (χ4n) is 3.63. The third-order valence-electron chi connectivity index (χ3n) is 5.10. The molecule has 176 valence electrons. The van der Waals surface area contributed by atoms with Crippen LogP contribution in [0.1, 0.15) is 45.6 Å². The smallest absolute Gasteiger partial charge is 0.407 e. The summed E-state index contributed by atoms with van der Waals surface area (Å²) >= 11 is 0. The van der Waals surface area contributed by atoms with Crippen LogP contribution < -0.4 is 10.8 Å². The summed E-state index contributed by atoms with van der Waals surface area (Å²) in [6.45, 7) is 6.69. The Balaban J connectivity index is 1.36. The first kappa shape index (κ1) is 23.8. The van der Waals surface area contributed by atoms with E-state index in [0.29, 0.717) is 39.0 Å². The highest BCUT2D eigenvalue weighted by Gasteiger charge is 2.48. The first-order valence-electron chi connectivity index (χ1n) is 10.9. The Kier molecular flexibility index (Phi) is 7.92. The van der Waals surface area contributed by atoms with Crippen molar-refractivity contribution >= 4 is 18.0 Å². The lowest BCUT2D eigenvalue weighted by Crippen LogP contribution is -2.49. The molecule has 2 aliphatic heterocycles. The van der Waals surface area contributed by atoms with Gasteiger partial charge in [-0.3, -0.25) is 14.5 Å². The molecule has 2 unspecified atom stereocenters. The van der Waals surface area contributed by atoms with E-state index in [1.807, 2.05) is 30.3 Å². The zero-order chi connectivity index (χ0) is 23.1. The van der Waals surface area contributed by atoms with E-state index in [2.05, 4.69) is 10.8 Å². The van der Waals surface area contributed by atoms with Crippen molar-refractivity contribution in [3.63, 3.8) is 0 Å². The molecule has 0 saturated carbocycles. The average molecular weight is 449 g/mol.